The predicted molar refractivity (Wildman–Crippen MR) is 113 cm³/mol. The molecular weight excluding hydrogens is 366 g/mol. The largest absolute Gasteiger partial charge is 0.482 e. The Labute approximate surface area is 171 Å². The van der Waals surface area contributed by atoms with Gasteiger partial charge in [0.15, 0.2) is 6.61 Å². The number of piperidine rings is 1. The molecule has 1 fully saturated rings. The molecule has 2 aliphatic heterocycles. The fourth-order valence-electron chi connectivity index (χ4n) is 4.06. The van der Waals surface area contributed by atoms with E-state index in [9.17, 15) is 9.59 Å². The van der Waals surface area contributed by atoms with E-state index < -0.39 is 0 Å². The minimum Gasteiger partial charge on any atom is -0.482 e. The number of rotatable bonds is 5. The average Bonchev–Trinajstić information content (AvgIpc) is 2.74. The lowest BCUT2D eigenvalue weighted by atomic mass is 9.90. The van der Waals surface area contributed by atoms with Crippen LogP contribution in [-0.4, -0.2) is 42.5 Å². The molecular formula is C23H27N3O3. The Bertz CT molecular complexity index is 876. The topological polar surface area (TPSA) is 70.7 Å². The van der Waals surface area contributed by atoms with E-state index in [1.165, 1.54) is 5.56 Å². The van der Waals surface area contributed by atoms with Gasteiger partial charge in [0.05, 0.1) is 5.69 Å². The third-order valence-electron chi connectivity index (χ3n) is 5.66. The average molecular weight is 393 g/mol. The number of carbonyl (C=O) groups is 2. The maximum atomic E-state index is 12.9. The number of amides is 2. The van der Waals surface area contributed by atoms with Crippen molar-refractivity contribution in [3.05, 3.63) is 54.1 Å². The van der Waals surface area contributed by atoms with E-state index in [1.54, 1.807) is 0 Å². The molecule has 0 radical (unpaired) electrons. The zero-order valence-electron chi connectivity index (χ0n) is 16.7. The minimum absolute atomic E-state index is 0.0366. The molecule has 2 aromatic carbocycles. The summed E-state index contributed by atoms with van der Waals surface area (Å²) in [5.74, 6) is 1.22. The smallest absolute Gasteiger partial charge is 0.262 e. The molecule has 1 saturated heterocycles. The van der Waals surface area contributed by atoms with Crippen LogP contribution < -0.4 is 15.4 Å². The summed E-state index contributed by atoms with van der Waals surface area (Å²) in [7, 11) is 0. The van der Waals surface area contributed by atoms with Crippen molar-refractivity contribution in [1.29, 1.82) is 0 Å². The van der Waals surface area contributed by atoms with Crippen LogP contribution in [0.4, 0.5) is 11.4 Å². The van der Waals surface area contributed by atoms with Gasteiger partial charge in [-0.05, 0) is 55.9 Å². The highest BCUT2D eigenvalue weighted by Gasteiger charge is 2.26. The molecule has 0 spiro atoms. The molecule has 2 aromatic rings. The lowest BCUT2D eigenvalue weighted by Crippen LogP contribution is -2.45. The summed E-state index contributed by atoms with van der Waals surface area (Å²) in [6.07, 6.45) is 3.16. The Hall–Kier alpha value is -3.02. The number of anilines is 2. The number of nitrogens with zero attached hydrogens (tertiary/aromatic N) is 1. The van der Waals surface area contributed by atoms with Crippen LogP contribution in [0, 0.1) is 5.92 Å². The zero-order valence-corrected chi connectivity index (χ0v) is 16.7. The molecule has 0 aliphatic carbocycles. The van der Waals surface area contributed by atoms with E-state index in [2.05, 4.69) is 34.9 Å². The fraction of sp³-hybridized carbons (Fsp3) is 0.391. The van der Waals surface area contributed by atoms with Gasteiger partial charge in [0, 0.05) is 18.8 Å². The first-order valence-electron chi connectivity index (χ1n) is 10.2. The summed E-state index contributed by atoms with van der Waals surface area (Å²) in [4.78, 5) is 26.3. The van der Waals surface area contributed by atoms with Crippen molar-refractivity contribution in [3.8, 4) is 5.75 Å². The van der Waals surface area contributed by atoms with Gasteiger partial charge in [0.25, 0.3) is 5.91 Å². The number of hydrogen-bond donors (Lipinski definition) is 2. The van der Waals surface area contributed by atoms with Crippen molar-refractivity contribution in [2.75, 3.05) is 30.3 Å². The second kappa shape index (κ2) is 8.55. The highest BCUT2D eigenvalue weighted by molar-refractivity contribution is 5.96. The van der Waals surface area contributed by atoms with Crippen molar-refractivity contribution >= 4 is 23.2 Å². The monoisotopic (exact) mass is 393 g/mol. The Balaban J connectivity index is 1.30. The van der Waals surface area contributed by atoms with Gasteiger partial charge in [-0.25, -0.2) is 0 Å². The first-order valence-corrected chi connectivity index (χ1v) is 10.2. The summed E-state index contributed by atoms with van der Waals surface area (Å²) in [5, 5.41) is 6.05. The second-order valence-corrected chi connectivity index (χ2v) is 7.87. The van der Waals surface area contributed by atoms with Crippen molar-refractivity contribution < 1.29 is 14.3 Å². The molecule has 0 bridgehead atoms. The summed E-state index contributed by atoms with van der Waals surface area (Å²) >= 11 is 0. The van der Waals surface area contributed by atoms with Crippen molar-refractivity contribution in [2.24, 2.45) is 5.92 Å². The van der Waals surface area contributed by atoms with E-state index >= 15 is 0 Å². The van der Waals surface area contributed by atoms with Crippen LogP contribution in [0.1, 0.15) is 25.3 Å². The number of likely N-dealkylation sites (tertiary alicyclic amines) is 1. The molecule has 0 saturated carbocycles. The Kier molecular flexibility index (Phi) is 5.69. The Morgan fingerprint density at radius 2 is 1.97 bits per heavy atom. The lowest BCUT2D eigenvalue weighted by Gasteiger charge is -2.34. The third-order valence-corrected chi connectivity index (χ3v) is 5.66. The van der Waals surface area contributed by atoms with Gasteiger partial charge >= 0.3 is 0 Å². The molecule has 6 heteroatoms. The SMILES string of the molecule is CC(Nc1ccc2c(c1)NC(=O)CO2)C(=O)N1CCC(Cc2ccccc2)CC1. The number of hydrogen-bond acceptors (Lipinski definition) is 4. The maximum absolute atomic E-state index is 12.9. The normalized spacial score (nSPS) is 17.7. The maximum Gasteiger partial charge on any atom is 0.262 e. The molecule has 2 amide bonds. The first-order chi connectivity index (χ1) is 14.1. The van der Waals surface area contributed by atoms with Crippen LogP contribution in [0.25, 0.3) is 0 Å². The number of ether oxygens (including phenoxy) is 1. The van der Waals surface area contributed by atoms with Gasteiger partial charge in [-0.2, -0.15) is 0 Å². The van der Waals surface area contributed by atoms with Crippen LogP contribution >= 0.6 is 0 Å². The molecule has 2 aliphatic rings. The van der Waals surface area contributed by atoms with Crippen LogP contribution in [0.2, 0.25) is 0 Å². The lowest BCUT2D eigenvalue weighted by molar-refractivity contribution is -0.133. The zero-order chi connectivity index (χ0) is 20.2. The minimum atomic E-state index is -0.334. The van der Waals surface area contributed by atoms with Gasteiger partial charge in [0.1, 0.15) is 11.8 Å². The summed E-state index contributed by atoms with van der Waals surface area (Å²) < 4.78 is 5.38. The first kappa shape index (κ1) is 19.3. The molecule has 4 rings (SSSR count). The number of nitrogens with one attached hydrogen (secondary N) is 2. The molecule has 1 atom stereocenters. The predicted octanol–water partition coefficient (Wildman–Crippen LogP) is 3.30. The fourth-order valence-corrected chi connectivity index (χ4v) is 4.06. The number of carbonyl (C=O) groups excluding carboxylic acids is 2. The third kappa shape index (κ3) is 4.70. The van der Waals surface area contributed by atoms with Crippen LogP contribution in [0.15, 0.2) is 48.5 Å². The summed E-state index contributed by atoms with van der Waals surface area (Å²) in [6.45, 7) is 3.52. The van der Waals surface area contributed by atoms with Crippen LogP contribution in [0.5, 0.6) is 5.75 Å². The quantitative estimate of drug-likeness (QED) is 0.818. The van der Waals surface area contributed by atoms with Crippen molar-refractivity contribution in [1.82, 2.24) is 4.90 Å². The van der Waals surface area contributed by atoms with Gasteiger partial charge in [0.2, 0.25) is 5.91 Å². The van der Waals surface area contributed by atoms with E-state index in [0.29, 0.717) is 17.4 Å². The molecule has 1 unspecified atom stereocenters. The molecule has 152 valence electrons. The van der Waals surface area contributed by atoms with Gasteiger partial charge in [-0.1, -0.05) is 30.3 Å². The highest BCUT2D eigenvalue weighted by Crippen LogP contribution is 2.31. The van der Waals surface area contributed by atoms with Crippen LogP contribution in [-0.2, 0) is 16.0 Å². The highest BCUT2D eigenvalue weighted by atomic mass is 16.5. The summed E-state index contributed by atoms with van der Waals surface area (Å²) in [5.41, 5.74) is 2.79. The van der Waals surface area contributed by atoms with E-state index in [1.807, 2.05) is 36.1 Å². The van der Waals surface area contributed by atoms with E-state index in [4.69, 9.17) is 4.74 Å². The van der Waals surface area contributed by atoms with Crippen molar-refractivity contribution in [3.63, 3.8) is 0 Å². The molecule has 2 heterocycles. The van der Waals surface area contributed by atoms with Crippen molar-refractivity contribution in [2.45, 2.75) is 32.2 Å². The number of fused-ring (bicyclic) bond motifs is 1. The van der Waals surface area contributed by atoms with E-state index in [0.717, 1.165) is 38.0 Å². The Morgan fingerprint density at radius 3 is 2.72 bits per heavy atom. The molecule has 6 nitrogen and oxygen atoms in total. The van der Waals surface area contributed by atoms with Gasteiger partial charge < -0.3 is 20.3 Å². The molecule has 2 N–H and O–H groups in total. The second-order valence-electron chi connectivity index (χ2n) is 7.87. The number of benzene rings is 2. The molecule has 29 heavy (non-hydrogen) atoms. The Morgan fingerprint density at radius 1 is 1.21 bits per heavy atom. The summed E-state index contributed by atoms with van der Waals surface area (Å²) in [6, 6.07) is 15.7. The molecule has 0 aromatic heterocycles. The van der Waals surface area contributed by atoms with Gasteiger partial charge in [-0.3, -0.25) is 9.59 Å². The van der Waals surface area contributed by atoms with E-state index in [-0.39, 0.29) is 24.5 Å². The van der Waals surface area contributed by atoms with Crippen LogP contribution in [0.3, 0.4) is 0 Å². The standard InChI is InChI=1S/C23H27N3O3/c1-16(24-19-7-8-21-20(14-19)25-22(27)15-29-21)23(28)26-11-9-18(10-12-26)13-17-5-3-2-4-6-17/h2-8,14,16,18,24H,9-13,15H2,1H3,(H,25,27). The van der Waals surface area contributed by atoms with Gasteiger partial charge in [-0.15, -0.1) is 0 Å².